The highest BCUT2D eigenvalue weighted by atomic mass is 19.4. The van der Waals surface area contributed by atoms with Gasteiger partial charge in [0.1, 0.15) is 0 Å². The van der Waals surface area contributed by atoms with E-state index in [1.807, 2.05) is 0 Å². The van der Waals surface area contributed by atoms with E-state index in [1.165, 1.54) is 32.9 Å². The van der Waals surface area contributed by atoms with E-state index in [2.05, 4.69) is 5.92 Å². The summed E-state index contributed by atoms with van der Waals surface area (Å²) in [6.45, 7) is 4.00. The van der Waals surface area contributed by atoms with Crippen molar-refractivity contribution in [2.24, 2.45) is 11.3 Å². The second kappa shape index (κ2) is 6.50. The molecule has 0 spiro atoms. The van der Waals surface area contributed by atoms with Crippen LogP contribution >= 0.6 is 0 Å². The number of esters is 1. The Labute approximate surface area is 121 Å². The van der Waals surface area contributed by atoms with E-state index >= 15 is 0 Å². The monoisotopic (exact) mass is 300 g/mol. The average molecular weight is 300 g/mol. The van der Waals surface area contributed by atoms with Crippen LogP contribution in [0.15, 0.2) is 0 Å². The minimum atomic E-state index is -4.53. The molecule has 1 unspecified atom stereocenters. The van der Waals surface area contributed by atoms with Gasteiger partial charge in [-0.2, -0.15) is 23.7 Å². The largest absolute Gasteiger partial charge is 0.446 e. The molecule has 0 aromatic rings. The van der Waals surface area contributed by atoms with Gasteiger partial charge in [-0.15, -0.1) is 6.42 Å². The van der Waals surface area contributed by atoms with Crippen LogP contribution in [-0.4, -0.2) is 17.7 Å². The Hall–Kier alpha value is -2.20. The van der Waals surface area contributed by atoms with Crippen LogP contribution in [0.5, 0.6) is 0 Å². The molecule has 0 heterocycles. The second-order valence-corrected chi connectivity index (χ2v) is 5.11. The first kappa shape index (κ1) is 18.8. The molecule has 0 aliphatic carbocycles. The molecule has 1 atom stereocenters. The van der Waals surface area contributed by atoms with Gasteiger partial charge in [0.05, 0.1) is 18.1 Å². The van der Waals surface area contributed by atoms with Crippen molar-refractivity contribution in [2.75, 3.05) is 0 Å². The summed E-state index contributed by atoms with van der Waals surface area (Å²) in [6, 6.07) is 3.02. The number of carbonyl (C=O) groups excluding carboxylic acids is 1. The van der Waals surface area contributed by atoms with E-state index in [4.69, 9.17) is 21.7 Å². The Morgan fingerprint density at radius 1 is 1.24 bits per heavy atom. The molecule has 0 radical (unpaired) electrons. The molecule has 0 aliphatic heterocycles. The van der Waals surface area contributed by atoms with E-state index in [0.717, 1.165) is 0 Å². The van der Waals surface area contributed by atoms with E-state index in [9.17, 15) is 18.0 Å². The SMILES string of the molecule is C#CC(C)(C)OC(=O)C(C)C(C#N)(C#N)CCC(F)(F)F. The molecule has 0 saturated heterocycles. The van der Waals surface area contributed by atoms with E-state index in [0.29, 0.717) is 0 Å². The van der Waals surface area contributed by atoms with Gasteiger partial charge in [-0.05, 0) is 27.2 Å². The number of nitriles is 2. The van der Waals surface area contributed by atoms with Gasteiger partial charge in [0.2, 0.25) is 0 Å². The Morgan fingerprint density at radius 3 is 2.05 bits per heavy atom. The number of carbonyl (C=O) groups is 1. The van der Waals surface area contributed by atoms with Crippen LogP contribution < -0.4 is 0 Å². The van der Waals surface area contributed by atoms with Crippen molar-refractivity contribution < 1.29 is 22.7 Å². The zero-order valence-corrected chi connectivity index (χ0v) is 11.9. The molecule has 0 aliphatic rings. The highest BCUT2D eigenvalue weighted by molar-refractivity contribution is 5.75. The Kier molecular flexibility index (Phi) is 5.82. The maximum atomic E-state index is 12.3. The minimum Gasteiger partial charge on any atom is -0.446 e. The number of rotatable bonds is 5. The standard InChI is InChI=1S/C14H15F3N2O2/c1-5-12(3,4)21-11(20)10(2)13(8-18,9-19)6-7-14(15,16)17/h1,10H,6-7H2,2-4H3. The number of terminal acetylenes is 1. The van der Waals surface area contributed by atoms with Crippen molar-refractivity contribution in [1.29, 1.82) is 10.5 Å². The molecule has 0 fully saturated rings. The average Bonchev–Trinajstić information content (AvgIpc) is 2.38. The van der Waals surface area contributed by atoms with Crippen LogP contribution in [0.4, 0.5) is 13.2 Å². The molecule has 0 N–H and O–H groups in total. The van der Waals surface area contributed by atoms with Gasteiger partial charge in [-0.3, -0.25) is 4.79 Å². The van der Waals surface area contributed by atoms with Crippen LogP contribution in [0.3, 0.4) is 0 Å². The molecule has 114 valence electrons. The first-order chi connectivity index (χ1) is 9.43. The van der Waals surface area contributed by atoms with Crippen LogP contribution in [0, 0.1) is 46.3 Å². The lowest BCUT2D eigenvalue weighted by Gasteiger charge is -2.28. The van der Waals surface area contributed by atoms with Crippen molar-refractivity contribution in [3.05, 3.63) is 0 Å². The van der Waals surface area contributed by atoms with Gasteiger partial charge in [-0.25, -0.2) is 0 Å². The predicted octanol–water partition coefficient (Wildman–Crippen LogP) is 2.95. The summed E-state index contributed by atoms with van der Waals surface area (Å²) in [5.41, 5.74) is -3.39. The van der Waals surface area contributed by atoms with Crippen LogP contribution in [-0.2, 0) is 9.53 Å². The smallest absolute Gasteiger partial charge is 0.389 e. The fraction of sp³-hybridized carbons (Fsp3) is 0.643. The molecule has 0 aromatic heterocycles. The zero-order valence-electron chi connectivity index (χ0n) is 11.9. The summed E-state index contributed by atoms with van der Waals surface area (Å²) >= 11 is 0. The van der Waals surface area contributed by atoms with Crippen LogP contribution in [0.25, 0.3) is 0 Å². The van der Waals surface area contributed by atoms with E-state index < -0.39 is 41.9 Å². The molecular weight excluding hydrogens is 285 g/mol. The van der Waals surface area contributed by atoms with E-state index in [1.54, 1.807) is 0 Å². The molecule has 7 heteroatoms. The summed E-state index contributed by atoms with van der Waals surface area (Å²) < 4.78 is 41.8. The van der Waals surface area contributed by atoms with Crippen LogP contribution in [0.2, 0.25) is 0 Å². The quantitative estimate of drug-likeness (QED) is 0.578. The normalized spacial score (nSPS) is 13.5. The minimum absolute atomic E-state index is 0.809. The summed E-state index contributed by atoms with van der Waals surface area (Å²) in [5.74, 6) is -0.160. The van der Waals surface area contributed by atoms with Gasteiger partial charge in [0, 0.05) is 6.42 Å². The first-order valence-electron chi connectivity index (χ1n) is 6.03. The number of alkyl halides is 3. The number of hydrogen-bond donors (Lipinski definition) is 0. The van der Waals surface area contributed by atoms with Crippen molar-refractivity contribution in [3.63, 3.8) is 0 Å². The zero-order chi connectivity index (χ0) is 16.9. The fourth-order valence-corrected chi connectivity index (χ4v) is 1.46. The summed E-state index contributed by atoms with van der Waals surface area (Å²) in [7, 11) is 0. The van der Waals surface area contributed by atoms with Crippen LogP contribution in [0.1, 0.15) is 33.6 Å². The van der Waals surface area contributed by atoms with Crippen molar-refractivity contribution >= 4 is 5.97 Å². The number of halogens is 3. The fourth-order valence-electron chi connectivity index (χ4n) is 1.46. The third-order valence-corrected chi connectivity index (χ3v) is 3.00. The van der Waals surface area contributed by atoms with E-state index in [-0.39, 0.29) is 0 Å². The summed E-state index contributed by atoms with van der Waals surface area (Å²) in [6.07, 6.45) is -1.54. The number of ether oxygens (including phenoxy) is 1. The lowest BCUT2D eigenvalue weighted by Crippen LogP contribution is -2.38. The Bertz CT molecular complexity index is 504. The van der Waals surface area contributed by atoms with Gasteiger partial charge >= 0.3 is 12.1 Å². The molecule has 4 nitrogen and oxygen atoms in total. The third kappa shape index (κ3) is 5.36. The van der Waals surface area contributed by atoms with Gasteiger partial charge < -0.3 is 4.74 Å². The van der Waals surface area contributed by atoms with Crippen molar-refractivity contribution in [2.45, 2.75) is 45.4 Å². The van der Waals surface area contributed by atoms with Gasteiger partial charge in [0.15, 0.2) is 11.0 Å². The molecule has 0 amide bonds. The molecule has 0 saturated carbocycles. The number of nitrogens with zero attached hydrogens (tertiary/aromatic N) is 2. The van der Waals surface area contributed by atoms with Gasteiger partial charge in [0.25, 0.3) is 0 Å². The lowest BCUT2D eigenvalue weighted by atomic mass is 9.75. The highest BCUT2D eigenvalue weighted by Gasteiger charge is 2.45. The Morgan fingerprint density at radius 2 is 1.71 bits per heavy atom. The lowest BCUT2D eigenvalue weighted by molar-refractivity contribution is -0.161. The first-order valence-corrected chi connectivity index (χ1v) is 6.03. The van der Waals surface area contributed by atoms with Crippen molar-refractivity contribution in [1.82, 2.24) is 0 Å². The maximum Gasteiger partial charge on any atom is 0.389 e. The number of hydrogen-bond acceptors (Lipinski definition) is 4. The summed E-state index contributed by atoms with van der Waals surface area (Å²) in [5, 5.41) is 18.1. The molecule has 0 aromatic carbocycles. The molecule has 0 rings (SSSR count). The highest BCUT2D eigenvalue weighted by Crippen LogP contribution is 2.37. The topological polar surface area (TPSA) is 73.9 Å². The molecule has 0 bridgehead atoms. The third-order valence-electron chi connectivity index (χ3n) is 3.00. The molecule has 21 heavy (non-hydrogen) atoms. The molecular formula is C14H15F3N2O2. The predicted molar refractivity (Wildman–Crippen MR) is 67.1 cm³/mol. The van der Waals surface area contributed by atoms with Crippen molar-refractivity contribution in [3.8, 4) is 24.5 Å². The second-order valence-electron chi connectivity index (χ2n) is 5.11. The maximum absolute atomic E-state index is 12.3. The Balaban J connectivity index is 5.23. The summed E-state index contributed by atoms with van der Waals surface area (Å²) in [4.78, 5) is 11.9. The van der Waals surface area contributed by atoms with Gasteiger partial charge in [-0.1, -0.05) is 5.92 Å².